The molecule has 0 aliphatic carbocycles. The molecule has 0 radical (unpaired) electrons. The van der Waals surface area contributed by atoms with Gasteiger partial charge in [-0.2, -0.15) is 4.31 Å². The summed E-state index contributed by atoms with van der Waals surface area (Å²) in [5.74, 6) is -0.340. The molecule has 0 saturated heterocycles. The summed E-state index contributed by atoms with van der Waals surface area (Å²) in [7, 11) is -3.89. The molecule has 0 aromatic heterocycles. The highest BCUT2D eigenvalue weighted by Crippen LogP contribution is 2.26. The largest absolute Gasteiger partial charge is 0.351 e. The van der Waals surface area contributed by atoms with E-state index in [0.717, 1.165) is 22.3 Å². The summed E-state index contributed by atoms with van der Waals surface area (Å²) >= 11 is 0. The summed E-state index contributed by atoms with van der Waals surface area (Å²) in [6, 6.07) is 20.9. The second kappa shape index (κ2) is 10.1. The maximum absolute atomic E-state index is 13.7. The number of hydrogen-bond acceptors (Lipinski definition) is 3. The van der Waals surface area contributed by atoms with Gasteiger partial charge >= 0.3 is 0 Å². The Hall–Kier alpha value is -2.96. The van der Waals surface area contributed by atoms with Gasteiger partial charge in [-0.3, -0.25) is 4.79 Å². The number of sulfonamides is 1. The summed E-state index contributed by atoms with van der Waals surface area (Å²) in [6.07, 6.45) is 0. The molecule has 0 aliphatic rings. The van der Waals surface area contributed by atoms with E-state index in [-0.39, 0.29) is 23.9 Å². The van der Waals surface area contributed by atoms with E-state index in [1.54, 1.807) is 13.8 Å². The van der Waals surface area contributed by atoms with Gasteiger partial charge in [0.05, 0.1) is 11.4 Å². The van der Waals surface area contributed by atoms with Crippen LogP contribution in [0.5, 0.6) is 0 Å². The zero-order valence-corrected chi connectivity index (χ0v) is 19.9. The molecule has 0 aliphatic heterocycles. The Labute approximate surface area is 191 Å². The van der Waals surface area contributed by atoms with Crippen molar-refractivity contribution in [1.29, 1.82) is 0 Å². The maximum Gasteiger partial charge on any atom is 0.244 e. The Bertz CT molecular complexity index is 1160. The molecule has 6 heteroatoms. The van der Waals surface area contributed by atoms with E-state index in [2.05, 4.69) is 5.32 Å². The van der Waals surface area contributed by atoms with Crippen LogP contribution in [0, 0.1) is 27.7 Å². The SMILES string of the molecule is Cc1ccc(CNC(=O)CN(Cc2ccccc2)S(=O)(=O)c2c(C)cc(C)cc2C)cc1. The molecular formula is C26H30N2O3S. The number of aryl methyl sites for hydroxylation is 4. The molecule has 1 N–H and O–H groups in total. The Kier molecular flexibility index (Phi) is 7.48. The van der Waals surface area contributed by atoms with Crippen molar-refractivity contribution in [1.82, 2.24) is 9.62 Å². The third-order valence-corrected chi connectivity index (χ3v) is 7.43. The molecule has 3 aromatic rings. The average Bonchev–Trinajstić information content (AvgIpc) is 2.72. The van der Waals surface area contributed by atoms with Gasteiger partial charge in [0.1, 0.15) is 0 Å². The maximum atomic E-state index is 13.7. The number of carbonyl (C=O) groups excluding carboxylic acids is 1. The van der Waals surface area contributed by atoms with Crippen LogP contribution in [0.3, 0.4) is 0 Å². The van der Waals surface area contributed by atoms with Gasteiger partial charge in [0, 0.05) is 13.1 Å². The number of nitrogens with zero attached hydrogens (tertiary/aromatic N) is 1. The number of carbonyl (C=O) groups is 1. The smallest absolute Gasteiger partial charge is 0.244 e. The van der Waals surface area contributed by atoms with Crippen LogP contribution in [0.15, 0.2) is 71.6 Å². The Balaban J connectivity index is 1.86. The zero-order chi connectivity index (χ0) is 23.3. The van der Waals surface area contributed by atoms with Crippen molar-refractivity contribution in [3.63, 3.8) is 0 Å². The summed E-state index contributed by atoms with van der Waals surface area (Å²) < 4.78 is 28.6. The van der Waals surface area contributed by atoms with Crippen LogP contribution in [0.1, 0.15) is 33.4 Å². The molecule has 0 atom stereocenters. The van der Waals surface area contributed by atoms with Gasteiger partial charge < -0.3 is 5.32 Å². The standard InChI is InChI=1S/C26H30N2O3S/c1-19-10-12-23(13-11-19)16-27-25(29)18-28(17-24-8-6-5-7-9-24)32(30,31)26-21(3)14-20(2)15-22(26)4/h5-15H,16-18H2,1-4H3,(H,27,29). The van der Waals surface area contributed by atoms with Crippen LogP contribution in [-0.2, 0) is 27.9 Å². The molecule has 0 bridgehead atoms. The van der Waals surface area contributed by atoms with Crippen molar-refractivity contribution in [3.8, 4) is 0 Å². The summed E-state index contributed by atoms with van der Waals surface area (Å²) in [6.45, 7) is 7.75. The molecular weight excluding hydrogens is 420 g/mol. The summed E-state index contributed by atoms with van der Waals surface area (Å²) in [4.78, 5) is 13.0. The number of benzene rings is 3. The van der Waals surface area contributed by atoms with Crippen LogP contribution >= 0.6 is 0 Å². The Morgan fingerprint density at radius 3 is 2.00 bits per heavy atom. The normalized spacial score (nSPS) is 11.5. The Morgan fingerprint density at radius 1 is 0.812 bits per heavy atom. The van der Waals surface area contributed by atoms with Crippen molar-refractivity contribution in [2.24, 2.45) is 0 Å². The predicted molar refractivity (Wildman–Crippen MR) is 128 cm³/mol. The zero-order valence-electron chi connectivity index (χ0n) is 19.1. The van der Waals surface area contributed by atoms with Crippen molar-refractivity contribution in [2.75, 3.05) is 6.54 Å². The van der Waals surface area contributed by atoms with Crippen LogP contribution in [0.4, 0.5) is 0 Å². The quantitative estimate of drug-likeness (QED) is 0.552. The monoisotopic (exact) mass is 450 g/mol. The van der Waals surface area contributed by atoms with Crippen molar-refractivity contribution < 1.29 is 13.2 Å². The van der Waals surface area contributed by atoms with Crippen LogP contribution in [0.2, 0.25) is 0 Å². The fraction of sp³-hybridized carbons (Fsp3) is 0.269. The minimum Gasteiger partial charge on any atom is -0.351 e. The third kappa shape index (κ3) is 5.84. The molecule has 5 nitrogen and oxygen atoms in total. The van der Waals surface area contributed by atoms with Crippen LogP contribution < -0.4 is 5.32 Å². The summed E-state index contributed by atoms with van der Waals surface area (Å²) in [5.41, 5.74) is 5.30. The first-order valence-electron chi connectivity index (χ1n) is 10.6. The first-order valence-corrected chi connectivity index (χ1v) is 12.0. The highest BCUT2D eigenvalue weighted by atomic mass is 32.2. The second-order valence-corrected chi connectivity index (χ2v) is 10.1. The van der Waals surface area contributed by atoms with Gasteiger partial charge in [0.25, 0.3) is 0 Å². The summed E-state index contributed by atoms with van der Waals surface area (Å²) in [5, 5.41) is 2.85. The molecule has 0 unspecified atom stereocenters. The molecule has 168 valence electrons. The van der Waals surface area contributed by atoms with E-state index in [0.29, 0.717) is 17.7 Å². The molecule has 32 heavy (non-hydrogen) atoms. The van der Waals surface area contributed by atoms with E-state index >= 15 is 0 Å². The molecule has 0 spiro atoms. The lowest BCUT2D eigenvalue weighted by Crippen LogP contribution is -2.40. The van der Waals surface area contributed by atoms with Gasteiger partial charge in [-0.25, -0.2) is 8.42 Å². The lowest BCUT2D eigenvalue weighted by molar-refractivity contribution is -0.121. The minimum absolute atomic E-state index is 0.119. The van der Waals surface area contributed by atoms with Gasteiger partial charge in [0.2, 0.25) is 15.9 Å². The van der Waals surface area contributed by atoms with Crippen molar-refractivity contribution in [2.45, 2.75) is 45.7 Å². The lowest BCUT2D eigenvalue weighted by Gasteiger charge is -2.24. The number of rotatable bonds is 8. The van der Waals surface area contributed by atoms with E-state index in [1.807, 2.05) is 80.6 Å². The molecule has 0 saturated carbocycles. The topological polar surface area (TPSA) is 66.5 Å². The van der Waals surface area contributed by atoms with Crippen molar-refractivity contribution >= 4 is 15.9 Å². The minimum atomic E-state index is -3.89. The molecule has 3 aromatic carbocycles. The van der Waals surface area contributed by atoms with E-state index in [1.165, 1.54) is 4.31 Å². The molecule has 3 rings (SSSR count). The van der Waals surface area contributed by atoms with E-state index < -0.39 is 10.0 Å². The van der Waals surface area contributed by atoms with E-state index in [9.17, 15) is 13.2 Å². The fourth-order valence-electron chi connectivity index (χ4n) is 3.84. The molecule has 0 heterocycles. The van der Waals surface area contributed by atoms with Crippen LogP contribution in [0.25, 0.3) is 0 Å². The Morgan fingerprint density at radius 2 is 1.41 bits per heavy atom. The first kappa shape index (κ1) is 23.7. The highest BCUT2D eigenvalue weighted by molar-refractivity contribution is 7.89. The average molecular weight is 451 g/mol. The van der Waals surface area contributed by atoms with Crippen LogP contribution in [-0.4, -0.2) is 25.2 Å². The van der Waals surface area contributed by atoms with Gasteiger partial charge in [0.15, 0.2) is 0 Å². The number of amides is 1. The fourth-order valence-corrected chi connectivity index (χ4v) is 5.63. The van der Waals surface area contributed by atoms with Crippen molar-refractivity contribution in [3.05, 3.63) is 100 Å². The third-order valence-electron chi connectivity index (χ3n) is 5.33. The number of hydrogen-bond donors (Lipinski definition) is 1. The first-order chi connectivity index (χ1) is 15.2. The second-order valence-electron chi connectivity index (χ2n) is 8.25. The van der Waals surface area contributed by atoms with E-state index in [4.69, 9.17) is 0 Å². The van der Waals surface area contributed by atoms with Gasteiger partial charge in [-0.15, -0.1) is 0 Å². The molecule has 0 fully saturated rings. The highest BCUT2D eigenvalue weighted by Gasteiger charge is 2.29. The van der Waals surface area contributed by atoms with Gasteiger partial charge in [-0.1, -0.05) is 77.9 Å². The number of nitrogens with one attached hydrogen (secondary N) is 1. The predicted octanol–water partition coefficient (Wildman–Crippen LogP) is 4.43. The van der Waals surface area contributed by atoms with Gasteiger partial charge in [-0.05, 0) is 49.9 Å². The lowest BCUT2D eigenvalue weighted by atomic mass is 10.1. The molecule has 1 amide bonds.